The van der Waals surface area contributed by atoms with Gasteiger partial charge in [-0.25, -0.2) is 4.98 Å². The van der Waals surface area contributed by atoms with Gasteiger partial charge in [-0.3, -0.25) is 0 Å². The zero-order valence-electron chi connectivity index (χ0n) is 11.6. The van der Waals surface area contributed by atoms with Gasteiger partial charge in [-0.15, -0.1) is 0 Å². The maximum Gasteiger partial charge on any atom is 0.0954 e. The summed E-state index contributed by atoms with van der Waals surface area (Å²) < 4.78 is 2.26. The third-order valence-corrected chi connectivity index (χ3v) is 4.00. The Hall–Kier alpha value is -1.61. The molecule has 1 heterocycles. The third-order valence-electron chi connectivity index (χ3n) is 4.00. The highest BCUT2D eigenvalue weighted by Crippen LogP contribution is 2.34. The summed E-state index contributed by atoms with van der Waals surface area (Å²) >= 11 is 0. The van der Waals surface area contributed by atoms with Crippen molar-refractivity contribution < 1.29 is 0 Å². The van der Waals surface area contributed by atoms with Crippen LogP contribution in [0.3, 0.4) is 0 Å². The fourth-order valence-electron chi connectivity index (χ4n) is 3.07. The van der Waals surface area contributed by atoms with Gasteiger partial charge in [0, 0.05) is 0 Å². The minimum absolute atomic E-state index is 0.358. The Labute approximate surface area is 114 Å². The highest BCUT2D eigenvalue weighted by atomic mass is 15.1. The molecule has 0 saturated carbocycles. The van der Waals surface area contributed by atoms with E-state index in [4.69, 9.17) is 5.73 Å². The summed E-state index contributed by atoms with van der Waals surface area (Å²) in [5.41, 5.74) is 9.91. The second-order valence-corrected chi connectivity index (χ2v) is 6.01. The van der Waals surface area contributed by atoms with Gasteiger partial charge in [-0.05, 0) is 44.2 Å². The maximum absolute atomic E-state index is 6.27. The minimum atomic E-state index is -0.358. The number of aryl methyl sites for hydroxylation is 1. The molecule has 1 aromatic carbocycles. The summed E-state index contributed by atoms with van der Waals surface area (Å²) in [6.07, 6.45) is 7.40. The number of nitrogens with zero attached hydrogens (tertiary/aromatic N) is 2. The van der Waals surface area contributed by atoms with Crippen molar-refractivity contribution in [2.24, 2.45) is 5.73 Å². The molecule has 3 rings (SSSR count). The summed E-state index contributed by atoms with van der Waals surface area (Å²) in [5, 5.41) is 0. The van der Waals surface area contributed by atoms with Crippen molar-refractivity contribution in [1.82, 2.24) is 9.55 Å². The molecule has 1 aliphatic carbocycles. The van der Waals surface area contributed by atoms with E-state index in [-0.39, 0.29) is 5.54 Å². The number of benzene rings is 1. The lowest BCUT2D eigenvalue weighted by Gasteiger charge is -2.31. The fourth-order valence-corrected chi connectivity index (χ4v) is 3.07. The van der Waals surface area contributed by atoms with Crippen LogP contribution in [0.15, 0.2) is 36.8 Å². The van der Waals surface area contributed by atoms with E-state index in [1.807, 2.05) is 26.4 Å². The first-order valence-corrected chi connectivity index (χ1v) is 6.96. The largest absolute Gasteiger partial charge is 0.325 e. The van der Waals surface area contributed by atoms with Crippen LogP contribution in [-0.4, -0.2) is 9.55 Å². The number of hydrogen-bond acceptors (Lipinski definition) is 2. The van der Waals surface area contributed by atoms with Crippen LogP contribution in [0.4, 0.5) is 0 Å². The van der Waals surface area contributed by atoms with E-state index in [0.717, 1.165) is 12.1 Å². The molecule has 0 saturated heterocycles. The Morgan fingerprint density at radius 1 is 1.32 bits per heavy atom. The molecule has 2 aromatic rings. The molecule has 0 radical (unpaired) electrons. The molecule has 1 unspecified atom stereocenters. The van der Waals surface area contributed by atoms with Crippen LogP contribution in [0.5, 0.6) is 0 Å². The summed E-state index contributed by atoms with van der Waals surface area (Å²) in [4.78, 5) is 4.32. The highest BCUT2D eigenvalue weighted by Gasteiger charge is 2.27. The lowest BCUT2D eigenvalue weighted by Crippen LogP contribution is -2.33. The molecule has 3 nitrogen and oxygen atoms in total. The molecule has 19 heavy (non-hydrogen) atoms. The van der Waals surface area contributed by atoms with Crippen molar-refractivity contribution in [2.45, 2.75) is 44.7 Å². The summed E-state index contributed by atoms with van der Waals surface area (Å²) in [6, 6.07) is 9.12. The van der Waals surface area contributed by atoms with Gasteiger partial charge in [0.25, 0.3) is 0 Å². The zero-order valence-corrected chi connectivity index (χ0v) is 11.6. The molecule has 1 aromatic heterocycles. The first kappa shape index (κ1) is 12.4. The molecule has 1 atom stereocenters. The molecule has 0 aliphatic heterocycles. The predicted octanol–water partition coefficient (Wildman–Crippen LogP) is 3.00. The Kier molecular flexibility index (Phi) is 2.94. The van der Waals surface area contributed by atoms with Crippen LogP contribution in [0.25, 0.3) is 0 Å². The van der Waals surface area contributed by atoms with Crippen LogP contribution in [0.2, 0.25) is 0 Å². The molecule has 0 amide bonds. The van der Waals surface area contributed by atoms with Gasteiger partial charge in [0.05, 0.1) is 29.8 Å². The number of imidazole rings is 1. The number of hydrogen-bond donors (Lipinski definition) is 1. The lowest BCUT2D eigenvalue weighted by molar-refractivity contribution is 0.429. The van der Waals surface area contributed by atoms with Gasteiger partial charge in [0.15, 0.2) is 0 Å². The zero-order chi connectivity index (χ0) is 13.5. The molecule has 1 aliphatic rings. The Morgan fingerprint density at radius 3 is 2.89 bits per heavy atom. The molecule has 3 heteroatoms. The van der Waals surface area contributed by atoms with E-state index >= 15 is 0 Å². The van der Waals surface area contributed by atoms with Gasteiger partial charge in [-0.2, -0.15) is 0 Å². The minimum Gasteiger partial charge on any atom is -0.325 e. The van der Waals surface area contributed by atoms with Gasteiger partial charge in [0.2, 0.25) is 0 Å². The summed E-state index contributed by atoms with van der Waals surface area (Å²) in [7, 11) is 0. The van der Waals surface area contributed by atoms with Crippen molar-refractivity contribution in [3.8, 4) is 0 Å². The third kappa shape index (κ3) is 2.19. The number of nitrogens with two attached hydrogens (primary N) is 1. The highest BCUT2D eigenvalue weighted by molar-refractivity contribution is 5.33. The average Bonchev–Trinajstić information content (AvgIpc) is 2.87. The second-order valence-electron chi connectivity index (χ2n) is 6.01. The first-order valence-electron chi connectivity index (χ1n) is 6.96. The standard InChI is InChI=1S/C16H21N3/c1-16(2,17)15-10-18-11-19(15)14-9-5-7-12-6-3-4-8-13(12)14/h3-4,6,8,10-11,14H,5,7,9,17H2,1-2H3. The predicted molar refractivity (Wildman–Crippen MR) is 77.0 cm³/mol. The molecule has 0 bridgehead atoms. The van der Waals surface area contributed by atoms with Crippen LogP contribution in [-0.2, 0) is 12.0 Å². The Morgan fingerprint density at radius 2 is 2.11 bits per heavy atom. The molecule has 100 valence electrons. The van der Waals surface area contributed by atoms with Crippen molar-refractivity contribution >= 4 is 0 Å². The SMILES string of the molecule is CC(C)(N)c1cncn1C1CCCc2ccccc21. The van der Waals surface area contributed by atoms with E-state index in [2.05, 4.69) is 33.8 Å². The van der Waals surface area contributed by atoms with E-state index in [0.29, 0.717) is 6.04 Å². The van der Waals surface area contributed by atoms with Gasteiger partial charge in [-0.1, -0.05) is 24.3 Å². The maximum atomic E-state index is 6.27. The molecular formula is C16H21N3. The topological polar surface area (TPSA) is 43.8 Å². The smallest absolute Gasteiger partial charge is 0.0954 e. The van der Waals surface area contributed by atoms with E-state index in [1.165, 1.54) is 24.0 Å². The van der Waals surface area contributed by atoms with E-state index < -0.39 is 0 Å². The average molecular weight is 255 g/mol. The van der Waals surface area contributed by atoms with Crippen molar-refractivity contribution in [1.29, 1.82) is 0 Å². The number of aromatic nitrogens is 2. The van der Waals surface area contributed by atoms with Crippen LogP contribution in [0, 0.1) is 0 Å². The fraction of sp³-hybridized carbons (Fsp3) is 0.438. The number of rotatable bonds is 2. The molecule has 0 fully saturated rings. The van der Waals surface area contributed by atoms with Crippen LogP contribution >= 0.6 is 0 Å². The summed E-state index contributed by atoms with van der Waals surface area (Å²) in [6.45, 7) is 4.07. The monoisotopic (exact) mass is 255 g/mol. The van der Waals surface area contributed by atoms with Crippen LogP contribution < -0.4 is 5.73 Å². The van der Waals surface area contributed by atoms with E-state index in [1.54, 1.807) is 0 Å². The Balaban J connectivity index is 2.08. The number of fused-ring (bicyclic) bond motifs is 1. The summed E-state index contributed by atoms with van der Waals surface area (Å²) in [5.74, 6) is 0. The first-order chi connectivity index (χ1) is 9.07. The molecular weight excluding hydrogens is 234 g/mol. The normalized spacial score (nSPS) is 19.2. The van der Waals surface area contributed by atoms with Crippen molar-refractivity contribution in [3.05, 3.63) is 53.6 Å². The lowest BCUT2D eigenvalue weighted by atomic mass is 9.87. The Bertz CT molecular complexity index is 578. The van der Waals surface area contributed by atoms with Gasteiger partial charge >= 0.3 is 0 Å². The molecule has 2 N–H and O–H groups in total. The van der Waals surface area contributed by atoms with Crippen molar-refractivity contribution in [2.75, 3.05) is 0 Å². The van der Waals surface area contributed by atoms with Gasteiger partial charge in [0.1, 0.15) is 0 Å². The quantitative estimate of drug-likeness (QED) is 0.896. The van der Waals surface area contributed by atoms with Gasteiger partial charge < -0.3 is 10.3 Å². The van der Waals surface area contributed by atoms with Crippen molar-refractivity contribution in [3.63, 3.8) is 0 Å². The molecule has 0 spiro atoms. The van der Waals surface area contributed by atoms with Crippen LogP contribution in [0.1, 0.15) is 49.6 Å². The van der Waals surface area contributed by atoms with E-state index in [9.17, 15) is 0 Å². The second kappa shape index (κ2) is 4.49.